The highest BCUT2D eigenvalue weighted by Crippen LogP contribution is 2.28. The molecular weight excluding hydrogens is 248 g/mol. The first-order chi connectivity index (χ1) is 9.60. The molecule has 3 heteroatoms. The van der Waals surface area contributed by atoms with Crippen molar-refractivity contribution in [2.45, 2.75) is 77.7 Å². The molecule has 1 aliphatic carbocycles. The maximum Gasteiger partial charge on any atom is 0.222 e. The highest BCUT2D eigenvalue weighted by Gasteiger charge is 2.27. The van der Waals surface area contributed by atoms with Crippen molar-refractivity contribution < 1.29 is 4.79 Å². The number of hydrogen-bond acceptors (Lipinski definition) is 2. The Bertz CT molecular complexity index is 274. The fraction of sp³-hybridized carbons (Fsp3) is 0.941. The van der Waals surface area contributed by atoms with Gasteiger partial charge in [0, 0.05) is 19.5 Å². The molecule has 0 spiro atoms. The minimum atomic E-state index is 0.335. The summed E-state index contributed by atoms with van der Waals surface area (Å²) in [5, 5.41) is 0. The van der Waals surface area contributed by atoms with Gasteiger partial charge < -0.3 is 10.6 Å². The van der Waals surface area contributed by atoms with E-state index in [4.69, 9.17) is 5.73 Å². The predicted octanol–water partition coefficient (Wildman–Crippen LogP) is 3.57. The molecule has 3 atom stereocenters. The molecule has 2 N–H and O–H groups in total. The first-order valence-corrected chi connectivity index (χ1v) is 8.55. The largest absolute Gasteiger partial charge is 0.343 e. The second-order valence-electron chi connectivity index (χ2n) is 6.60. The molecule has 0 saturated heterocycles. The lowest BCUT2D eigenvalue weighted by molar-refractivity contribution is -0.133. The number of nitrogens with two attached hydrogens (primary N) is 1. The molecule has 1 amide bonds. The maximum absolute atomic E-state index is 12.4. The standard InChI is InChI=1S/C17H34N2O/c1-4-7-15(12-13-18)10-11-17(20)19(3)16-9-6-5-8-14(16)2/h14-16H,4-13,18H2,1-3H3. The zero-order chi connectivity index (χ0) is 15.0. The fourth-order valence-electron chi connectivity index (χ4n) is 3.64. The van der Waals surface area contributed by atoms with Gasteiger partial charge in [-0.25, -0.2) is 0 Å². The summed E-state index contributed by atoms with van der Waals surface area (Å²) in [5.74, 6) is 1.63. The van der Waals surface area contributed by atoms with Crippen LogP contribution in [0.3, 0.4) is 0 Å². The Labute approximate surface area is 125 Å². The molecule has 0 bridgehead atoms. The first-order valence-electron chi connectivity index (χ1n) is 8.55. The quantitative estimate of drug-likeness (QED) is 0.740. The molecule has 20 heavy (non-hydrogen) atoms. The third-order valence-electron chi connectivity index (χ3n) is 5.00. The molecule has 0 aliphatic heterocycles. The van der Waals surface area contributed by atoms with Gasteiger partial charge in [-0.15, -0.1) is 0 Å². The van der Waals surface area contributed by atoms with E-state index < -0.39 is 0 Å². The van der Waals surface area contributed by atoms with Gasteiger partial charge in [0.15, 0.2) is 0 Å². The lowest BCUT2D eigenvalue weighted by atomic mass is 9.85. The minimum Gasteiger partial charge on any atom is -0.343 e. The van der Waals surface area contributed by atoms with E-state index in [1.165, 1.54) is 38.5 Å². The summed E-state index contributed by atoms with van der Waals surface area (Å²) in [7, 11) is 2.01. The normalized spacial score (nSPS) is 24.4. The monoisotopic (exact) mass is 282 g/mol. The summed E-state index contributed by atoms with van der Waals surface area (Å²) < 4.78 is 0. The number of amides is 1. The molecule has 0 aromatic heterocycles. The molecule has 3 nitrogen and oxygen atoms in total. The third kappa shape index (κ3) is 5.43. The fourth-order valence-corrected chi connectivity index (χ4v) is 3.64. The van der Waals surface area contributed by atoms with Crippen molar-refractivity contribution in [3.05, 3.63) is 0 Å². The van der Waals surface area contributed by atoms with Crippen molar-refractivity contribution in [3.8, 4) is 0 Å². The van der Waals surface area contributed by atoms with E-state index in [0.717, 1.165) is 19.4 Å². The highest BCUT2D eigenvalue weighted by atomic mass is 16.2. The van der Waals surface area contributed by atoms with Crippen molar-refractivity contribution >= 4 is 5.91 Å². The number of carbonyl (C=O) groups is 1. The van der Waals surface area contributed by atoms with E-state index in [2.05, 4.69) is 13.8 Å². The second kappa shape index (κ2) is 9.38. The predicted molar refractivity (Wildman–Crippen MR) is 85.5 cm³/mol. The van der Waals surface area contributed by atoms with Crippen molar-refractivity contribution in [1.82, 2.24) is 4.90 Å². The Morgan fingerprint density at radius 2 is 1.95 bits per heavy atom. The number of rotatable bonds is 8. The van der Waals surface area contributed by atoms with Crippen LogP contribution in [0.4, 0.5) is 0 Å². The van der Waals surface area contributed by atoms with E-state index in [1.54, 1.807) is 0 Å². The number of carbonyl (C=O) groups excluding carboxylic acids is 1. The summed E-state index contributed by atoms with van der Waals surface area (Å²) in [6.45, 7) is 5.25. The molecule has 3 unspecified atom stereocenters. The number of hydrogen-bond donors (Lipinski definition) is 1. The molecule has 118 valence electrons. The topological polar surface area (TPSA) is 46.3 Å². The van der Waals surface area contributed by atoms with E-state index >= 15 is 0 Å². The third-order valence-corrected chi connectivity index (χ3v) is 5.00. The lowest BCUT2D eigenvalue weighted by Gasteiger charge is -2.36. The van der Waals surface area contributed by atoms with Gasteiger partial charge in [0.25, 0.3) is 0 Å². The molecule has 1 rings (SSSR count). The molecule has 0 radical (unpaired) electrons. The van der Waals surface area contributed by atoms with Gasteiger partial charge >= 0.3 is 0 Å². The average molecular weight is 282 g/mol. The SMILES string of the molecule is CCCC(CCN)CCC(=O)N(C)C1CCCCC1C. The van der Waals surface area contributed by atoms with Crippen molar-refractivity contribution in [2.75, 3.05) is 13.6 Å². The summed E-state index contributed by atoms with van der Waals surface area (Å²) >= 11 is 0. The van der Waals surface area contributed by atoms with Crippen LogP contribution in [0, 0.1) is 11.8 Å². The molecule has 1 saturated carbocycles. The van der Waals surface area contributed by atoms with Crippen LogP contribution in [0.5, 0.6) is 0 Å². The van der Waals surface area contributed by atoms with Crippen molar-refractivity contribution in [3.63, 3.8) is 0 Å². The van der Waals surface area contributed by atoms with Crippen LogP contribution in [0.25, 0.3) is 0 Å². The first kappa shape index (κ1) is 17.5. The maximum atomic E-state index is 12.4. The minimum absolute atomic E-state index is 0.335. The number of nitrogens with zero attached hydrogens (tertiary/aromatic N) is 1. The van der Waals surface area contributed by atoms with Gasteiger partial charge in [-0.05, 0) is 44.1 Å². The van der Waals surface area contributed by atoms with Crippen LogP contribution in [0.15, 0.2) is 0 Å². The zero-order valence-corrected chi connectivity index (χ0v) is 13.7. The van der Waals surface area contributed by atoms with Gasteiger partial charge in [0.2, 0.25) is 5.91 Å². The van der Waals surface area contributed by atoms with Gasteiger partial charge in [-0.1, -0.05) is 39.5 Å². The smallest absolute Gasteiger partial charge is 0.222 e. The van der Waals surface area contributed by atoms with Crippen LogP contribution in [0.2, 0.25) is 0 Å². The molecule has 0 aromatic rings. The van der Waals surface area contributed by atoms with E-state index in [-0.39, 0.29) is 0 Å². The van der Waals surface area contributed by atoms with Crippen LogP contribution < -0.4 is 5.73 Å². The molecule has 0 aromatic carbocycles. The molecule has 0 heterocycles. The Balaban J connectivity index is 2.40. The Hall–Kier alpha value is -0.570. The highest BCUT2D eigenvalue weighted by molar-refractivity contribution is 5.76. The Morgan fingerprint density at radius 1 is 1.25 bits per heavy atom. The van der Waals surface area contributed by atoms with E-state index in [1.807, 2.05) is 11.9 Å². The Kier molecular flexibility index (Phi) is 8.20. The zero-order valence-electron chi connectivity index (χ0n) is 13.7. The van der Waals surface area contributed by atoms with Crippen LogP contribution in [-0.4, -0.2) is 30.4 Å². The second-order valence-corrected chi connectivity index (χ2v) is 6.60. The van der Waals surface area contributed by atoms with Crippen LogP contribution in [-0.2, 0) is 4.79 Å². The Morgan fingerprint density at radius 3 is 2.55 bits per heavy atom. The summed E-state index contributed by atoms with van der Waals surface area (Å²) in [4.78, 5) is 14.4. The van der Waals surface area contributed by atoms with Gasteiger partial charge in [0.05, 0.1) is 0 Å². The summed E-state index contributed by atoms with van der Waals surface area (Å²) in [5.41, 5.74) is 5.67. The van der Waals surface area contributed by atoms with E-state index in [9.17, 15) is 4.79 Å². The molecule has 1 aliphatic rings. The van der Waals surface area contributed by atoms with Gasteiger partial charge in [-0.3, -0.25) is 4.79 Å². The van der Waals surface area contributed by atoms with Crippen LogP contribution in [0.1, 0.15) is 71.6 Å². The lowest BCUT2D eigenvalue weighted by Crippen LogP contribution is -2.42. The van der Waals surface area contributed by atoms with Gasteiger partial charge in [-0.2, -0.15) is 0 Å². The van der Waals surface area contributed by atoms with Gasteiger partial charge in [0.1, 0.15) is 0 Å². The van der Waals surface area contributed by atoms with Crippen molar-refractivity contribution in [1.29, 1.82) is 0 Å². The molecular formula is C17H34N2O. The summed E-state index contributed by atoms with van der Waals surface area (Å²) in [6, 6.07) is 0.468. The molecule has 1 fully saturated rings. The van der Waals surface area contributed by atoms with Crippen molar-refractivity contribution in [2.24, 2.45) is 17.6 Å². The summed E-state index contributed by atoms with van der Waals surface area (Å²) in [6.07, 6.45) is 10.2. The average Bonchev–Trinajstić information content (AvgIpc) is 2.44. The van der Waals surface area contributed by atoms with E-state index in [0.29, 0.717) is 30.2 Å². The van der Waals surface area contributed by atoms with Crippen LogP contribution >= 0.6 is 0 Å².